The van der Waals surface area contributed by atoms with Crippen molar-refractivity contribution in [3.8, 4) is 0 Å². The summed E-state index contributed by atoms with van der Waals surface area (Å²) in [6, 6.07) is 6.10. The van der Waals surface area contributed by atoms with E-state index >= 15 is 0 Å². The van der Waals surface area contributed by atoms with E-state index in [0.29, 0.717) is 17.8 Å². The van der Waals surface area contributed by atoms with Crippen LogP contribution >= 0.6 is 0 Å². The minimum atomic E-state index is -0.162. The lowest BCUT2D eigenvalue weighted by Crippen LogP contribution is -2.51. The van der Waals surface area contributed by atoms with Crippen LogP contribution in [0, 0.1) is 34.5 Å². The Bertz CT molecular complexity index is 1080. The third-order valence-electron chi connectivity index (χ3n) is 11.7. The number of ether oxygens (including phenoxy) is 2. The molecular weight excluding hydrogens is 474 g/mol. The summed E-state index contributed by atoms with van der Waals surface area (Å²) in [5.74, 6) is 2.02. The van der Waals surface area contributed by atoms with Gasteiger partial charge in [-0.2, -0.15) is 0 Å². The number of hydrogen-bond acceptors (Lipinski definition) is 5. The van der Waals surface area contributed by atoms with Gasteiger partial charge < -0.3 is 9.47 Å². The van der Waals surface area contributed by atoms with Crippen molar-refractivity contribution < 1.29 is 19.1 Å². The third kappa shape index (κ3) is 4.42. The molecule has 1 heterocycles. The van der Waals surface area contributed by atoms with Crippen molar-refractivity contribution in [1.29, 1.82) is 0 Å². The fraction of sp³-hybridized carbons (Fsp3) is 0.727. The zero-order valence-electron chi connectivity index (χ0n) is 23.5. The van der Waals surface area contributed by atoms with E-state index in [1.54, 1.807) is 0 Å². The van der Waals surface area contributed by atoms with E-state index in [0.717, 1.165) is 69.9 Å². The molecule has 0 aromatic carbocycles. The van der Waals surface area contributed by atoms with Crippen molar-refractivity contribution >= 4 is 11.9 Å². The molecule has 0 bridgehead atoms. The van der Waals surface area contributed by atoms with Crippen LogP contribution in [0.25, 0.3) is 0 Å². The Hall–Kier alpha value is -2.17. The molecule has 0 N–H and O–H groups in total. The van der Waals surface area contributed by atoms with Crippen LogP contribution in [-0.2, 0) is 19.1 Å². The van der Waals surface area contributed by atoms with Gasteiger partial charge in [0.2, 0.25) is 0 Å². The maximum absolute atomic E-state index is 13.8. The zero-order valence-corrected chi connectivity index (χ0v) is 23.5. The van der Waals surface area contributed by atoms with Crippen molar-refractivity contribution in [2.75, 3.05) is 0 Å². The molecule has 0 amide bonds. The Labute approximate surface area is 228 Å². The van der Waals surface area contributed by atoms with Crippen LogP contribution in [0.1, 0.15) is 109 Å². The number of aromatic nitrogens is 1. The predicted octanol–water partition coefficient (Wildman–Crippen LogP) is 7.16. The van der Waals surface area contributed by atoms with Crippen LogP contribution < -0.4 is 0 Å². The summed E-state index contributed by atoms with van der Waals surface area (Å²) in [5.41, 5.74) is 2.83. The van der Waals surface area contributed by atoms with Crippen LogP contribution in [0.5, 0.6) is 0 Å². The highest BCUT2D eigenvalue weighted by atomic mass is 16.5. The molecule has 9 atom stereocenters. The van der Waals surface area contributed by atoms with Crippen LogP contribution in [0.3, 0.4) is 0 Å². The number of esters is 2. The molecule has 1 aromatic rings. The van der Waals surface area contributed by atoms with E-state index in [2.05, 4.69) is 31.0 Å². The summed E-state index contributed by atoms with van der Waals surface area (Å²) >= 11 is 0. The standard InChI is InChI=1S/C33H45NO4/c1-21(35)37-23-15-17-32(2)22(20-23)11-12-24-26-13-14-28(33(26,3)18-16-27(24)32)31(36)38-30-10-5-4-8-25(30)29-9-6-7-19-34-29/h6-7,9,11,19,23-28,30H,4-5,8,10,12-18,20H2,1-3H3/t23-,24-,25+,26-,27-,28+,30-,32-,33-/m0/s1. The van der Waals surface area contributed by atoms with Crippen LogP contribution in [0.2, 0.25) is 0 Å². The van der Waals surface area contributed by atoms with E-state index < -0.39 is 0 Å². The second kappa shape index (κ2) is 10.1. The Kier molecular flexibility index (Phi) is 6.93. The van der Waals surface area contributed by atoms with Crippen molar-refractivity contribution in [3.05, 3.63) is 41.7 Å². The van der Waals surface area contributed by atoms with Gasteiger partial charge in [-0.15, -0.1) is 0 Å². The molecule has 1 aromatic heterocycles. The molecule has 38 heavy (non-hydrogen) atoms. The summed E-state index contributed by atoms with van der Waals surface area (Å²) in [5, 5.41) is 0. The summed E-state index contributed by atoms with van der Waals surface area (Å²) < 4.78 is 12.0. The highest BCUT2D eigenvalue weighted by Gasteiger charge is 2.60. The molecule has 4 fully saturated rings. The fourth-order valence-electron chi connectivity index (χ4n) is 9.75. The number of fused-ring (bicyclic) bond motifs is 5. The number of rotatable bonds is 4. The van der Waals surface area contributed by atoms with Gasteiger partial charge in [0.15, 0.2) is 0 Å². The van der Waals surface area contributed by atoms with Gasteiger partial charge in [-0.05, 0) is 105 Å². The molecule has 0 aliphatic heterocycles. The van der Waals surface area contributed by atoms with Crippen molar-refractivity contribution in [3.63, 3.8) is 0 Å². The molecule has 0 spiro atoms. The molecule has 0 radical (unpaired) electrons. The number of allylic oxidation sites excluding steroid dienone is 1. The first-order valence-electron chi connectivity index (χ1n) is 15.3. The number of hydrogen-bond donors (Lipinski definition) is 0. The molecule has 0 saturated heterocycles. The number of carbonyl (C=O) groups excluding carboxylic acids is 2. The Morgan fingerprint density at radius 3 is 2.58 bits per heavy atom. The second-order valence-corrected chi connectivity index (χ2v) is 13.5. The van der Waals surface area contributed by atoms with Crippen LogP contribution in [0.4, 0.5) is 0 Å². The van der Waals surface area contributed by atoms with E-state index in [1.807, 2.05) is 18.3 Å². The molecule has 6 rings (SSSR count). The van der Waals surface area contributed by atoms with E-state index in [4.69, 9.17) is 9.47 Å². The van der Waals surface area contributed by atoms with Crippen molar-refractivity contribution in [2.45, 2.75) is 116 Å². The maximum Gasteiger partial charge on any atom is 0.309 e. The molecule has 5 aliphatic carbocycles. The van der Waals surface area contributed by atoms with Crippen molar-refractivity contribution in [2.24, 2.45) is 34.5 Å². The summed E-state index contributed by atoms with van der Waals surface area (Å²) in [7, 11) is 0. The summed E-state index contributed by atoms with van der Waals surface area (Å²) in [6.07, 6.45) is 17.1. The molecule has 5 nitrogen and oxygen atoms in total. The minimum absolute atomic E-state index is 0.0117. The Morgan fingerprint density at radius 2 is 1.79 bits per heavy atom. The lowest BCUT2D eigenvalue weighted by atomic mass is 9.47. The molecule has 206 valence electrons. The van der Waals surface area contributed by atoms with Gasteiger partial charge >= 0.3 is 11.9 Å². The van der Waals surface area contributed by atoms with E-state index in [9.17, 15) is 9.59 Å². The highest BCUT2D eigenvalue weighted by Crippen LogP contribution is 2.66. The SMILES string of the molecule is CC(=O)O[C@H]1CC[C@@]2(C)C(=CC[C@H]3[C@@H]4CC[C@H](C(=O)O[C@H]5CCCC[C@@H]5c5ccccn5)[C@@]4(C)CC[C@@H]32)C1. The second-order valence-electron chi connectivity index (χ2n) is 13.5. The zero-order chi connectivity index (χ0) is 26.5. The van der Waals surface area contributed by atoms with Gasteiger partial charge in [-0.1, -0.05) is 38.0 Å². The minimum Gasteiger partial charge on any atom is -0.462 e. The van der Waals surface area contributed by atoms with Gasteiger partial charge in [0.05, 0.1) is 5.92 Å². The third-order valence-corrected chi connectivity index (χ3v) is 11.7. The molecule has 0 unspecified atom stereocenters. The molecule has 5 heteroatoms. The van der Waals surface area contributed by atoms with Gasteiger partial charge in [0.1, 0.15) is 12.2 Å². The fourth-order valence-corrected chi connectivity index (χ4v) is 9.75. The number of pyridine rings is 1. The molecular formula is C33H45NO4. The monoisotopic (exact) mass is 519 g/mol. The van der Waals surface area contributed by atoms with Gasteiger partial charge in [0, 0.05) is 31.2 Å². The Morgan fingerprint density at radius 1 is 0.947 bits per heavy atom. The first-order valence-corrected chi connectivity index (χ1v) is 15.3. The lowest BCUT2D eigenvalue weighted by molar-refractivity contribution is -0.164. The largest absolute Gasteiger partial charge is 0.462 e. The van der Waals surface area contributed by atoms with Gasteiger partial charge in [0.25, 0.3) is 0 Å². The van der Waals surface area contributed by atoms with Gasteiger partial charge in [-0.25, -0.2) is 0 Å². The van der Waals surface area contributed by atoms with Crippen LogP contribution in [-0.4, -0.2) is 29.1 Å². The average molecular weight is 520 g/mol. The average Bonchev–Trinajstić information content (AvgIpc) is 3.27. The lowest BCUT2D eigenvalue weighted by Gasteiger charge is -2.58. The predicted molar refractivity (Wildman–Crippen MR) is 146 cm³/mol. The van der Waals surface area contributed by atoms with E-state index in [1.165, 1.54) is 25.3 Å². The van der Waals surface area contributed by atoms with Crippen molar-refractivity contribution in [1.82, 2.24) is 4.98 Å². The van der Waals surface area contributed by atoms with E-state index in [-0.39, 0.29) is 46.8 Å². The first kappa shape index (κ1) is 26.1. The smallest absolute Gasteiger partial charge is 0.309 e. The number of carbonyl (C=O) groups is 2. The normalized spacial score (nSPS) is 42.2. The topological polar surface area (TPSA) is 65.5 Å². The Balaban J connectivity index is 1.17. The maximum atomic E-state index is 13.8. The van der Waals surface area contributed by atoms with Crippen LogP contribution in [0.15, 0.2) is 36.0 Å². The summed E-state index contributed by atoms with van der Waals surface area (Å²) in [4.78, 5) is 30.0. The molecule has 4 saturated carbocycles. The highest BCUT2D eigenvalue weighted by molar-refractivity contribution is 5.74. The van der Waals surface area contributed by atoms with Gasteiger partial charge in [-0.3, -0.25) is 14.6 Å². The first-order chi connectivity index (χ1) is 18.3. The molecule has 5 aliphatic rings. The summed E-state index contributed by atoms with van der Waals surface area (Å²) in [6.45, 7) is 6.41. The number of nitrogens with zero attached hydrogens (tertiary/aromatic N) is 1. The quantitative estimate of drug-likeness (QED) is 0.312.